The first kappa shape index (κ1) is 15.3. The highest BCUT2D eigenvalue weighted by molar-refractivity contribution is 7.18. The van der Waals surface area contributed by atoms with E-state index >= 15 is 0 Å². The fourth-order valence-corrected chi connectivity index (χ4v) is 4.45. The summed E-state index contributed by atoms with van der Waals surface area (Å²) in [4.78, 5) is 18.2. The topological polar surface area (TPSA) is 43.6 Å². The molecule has 0 bridgehead atoms. The molecular weight excluding hydrogens is 320 g/mol. The Bertz CT molecular complexity index is 857. The molecule has 1 aromatic heterocycles. The van der Waals surface area contributed by atoms with E-state index in [2.05, 4.69) is 24.3 Å². The summed E-state index contributed by atoms with van der Waals surface area (Å²) in [6, 6.07) is 16.4. The Labute approximate surface area is 144 Å². The molecule has 24 heavy (non-hydrogen) atoms. The average molecular weight is 339 g/mol. The van der Waals surface area contributed by atoms with Gasteiger partial charge in [0.2, 0.25) is 0 Å². The number of ether oxygens (including phenoxy) is 1. The lowest BCUT2D eigenvalue weighted by atomic mass is 9.94. The van der Waals surface area contributed by atoms with Crippen molar-refractivity contribution >= 4 is 27.5 Å². The van der Waals surface area contributed by atoms with Crippen molar-refractivity contribution in [3.05, 3.63) is 64.7 Å². The van der Waals surface area contributed by atoms with Crippen molar-refractivity contribution in [1.82, 2.24) is 4.98 Å². The van der Waals surface area contributed by atoms with Gasteiger partial charge in [-0.1, -0.05) is 36.4 Å². The van der Waals surface area contributed by atoms with Crippen LogP contribution in [0.15, 0.2) is 48.5 Å². The molecule has 2 heterocycles. The van der Waals surface area contributed by atoms with E-state index in [1.165, 1.54) is 27.8 Å². The normalized spacial score (nSPS) is 19.9. The number of methoxy groups -OCH3 is 1. The van der Waals surface area contributed by atoms with Crippen LogP contribution in [0.2, 0.25) is 0 Å². The number of nitrogens with zero attached hydrogens (tertiary/aromatic N) is 1. The van der Waals surface area contributed by atoms with Crippen LogP contribution in [0.3, 0.4) is 0 Å². The van der Waals surface area contributed by atoms with E-state index in [-0.39, 0.29) is 12.0 Å². The number of carbonyl (C=O) groups excluding carboxylic acids is 1. The summed E-state index contributed by atoms with van der Waals surface area (Å²) in [7, 11) is 1.47. The number of benzene rings is 2. The second kappa shape index (κ2) is 6.34. The van der Waals surface area contributed by atoms with Crippen molar-refractivity contribution in [2.45, 2.75) is 25.6 Å². The van der Waals surface area contributed by atoms with Gasteiger partial charge in [-0.05, 0) is 17.7 Å². The van der Waals surface area contributed by atoms with Gasteiger partial charge < -0.3 is 9.64 Å². The van der Waals surface area contributed by atoms with E-state index < -0.39 is 0 Å². The van der Waals surface area contributed by atoms with Crippen LogP contribution < -0.4 is 4.90 Å². The van der Waals surface area contributed by atoms with Gasteiger partial charge in [0.1, 0.15) is 18.1 Å². The first-order valence-electron chi connectivity index (χ1n) is 8.08. The Kier molecular flexibility index (Phi) is 4.04. The van der Waals surface area contributed by atoms with Crippen molar-refractivity contribution in [3.8, 4) is 0 Å². The fraction of sp³-hybridized carbons (Fsp3) is 0.263. The number of para-hydroxylation sites is 1. The molecule has 0 fully saturated rings. The maximum Gasteiger partial charge on any atom is 0.365 e. The lowest BCUT2D eigenvalue weighted by Crippen LogP contribution is -3.15. The second-order valence-electron chi connectivity index (χ2n) is 6.14. The molecule has 1 unspecified atom stereocenters. The van der Waals surface area contributed by atoms with Gasteiger partial charge in [-0.3, -0.25) is 0 Å². The summed E-state index contributed by atoms with van der Waals surface area (Å²) in [6.07, 6.45) is 0.725. The minimum atomic E-state index is -0.170. The summed E-state index contributed by atoms with van der Waals surface area (Å²) in [5.74, 6) is -0.138. The summed E-state index contributed by atoms with van der Waals surface area (Å²) < 4.78 is 6.25. The molecule has 2 aromatic carbocycles. The highest BCUT2D eigenvalue weighted by atomic mass is 32.1. The van der Waals surface area contributed by atoms with Crippen LogP contribution in [0.5, 0.6) is 0 Å². The SMILES string of the molecule is COC(=O)[C@@H]1Cc2ccccc2C[NH+]1Cc1nc2ccccc2s1. The molecular formula is C19H19N2O2S+. The van der Waals surface area contributed by atoms with E-state index in [9.17, 15) is 4.79 Å². The predicted molar refractivity (Wildman–Crippen MR) is 93.9 cm³/mol. The third-order valence-corrected chi connectivity index (χ3v) is 5.69. The maximum absolute atomic E-state index is 12.3. The van der Waals surface area contributed by atoms with Crippen molar-refractivity contribution in [2.24, 2.45) is 0 Å². The van der Waals surface area contributed by atoms with Crippen LogP contribution in [0.4, 0.5) is 0 Å². The number of thiazole rings is 1. The quantitative estimate of drug-likeness (QED) is 0.742. The molecule has 0 amide bonds. The molecule has 0 saturated carbocycles. The zero-order chi connectivity index (χ0) is 16.5. The third kappa shape index (κ3) is 2.81. The predicted octanol–water partition coefficient (Wildman–Crippen LogP) is 1.98. The first-order chi connectivity index (χ1) is 11.7. The minimum absolute atomic E-state index is 0.138. The summed E-state index contributed by atoms with van der Waals surface area (Å²) >= 11 is 1.71. The molecule has 1 N–H and O–H groups in total. The molecule has 4 nitrogen and oxygen atoms in total. The van der Waals surface area contributed by atoms with E-state index in [0.29, 0.717) is 0 Å². The Balaban J connectivity index is 1.64. The molecule has 2 atom stereocenters. The lowest BCUT2D eigenvalue weighted by Gasteiger charge is -2.31. The van der Waals surface area contributed by atoms with Gasteiger partial charge in [0.15, 0.2) is 6.04 Å². The zero-order valence-electron chi connectivity index (χ0n) is 13.5. The Morgan fingerprint density at radius 1 is 1.21 bits per heavy atom. The summed E-state index contributed by atoms with van der Waals surface area (Å²) in [6.45, 7) is 1.57. The molecule has 3 aromatic rings. The van der Waals surface area contributed by atoms with Gasteiger partial charge in [-0.25, -0.2) is 9.78 Å². The van der Waals surface area contributed by atoms with Crippen LogP contribution in [0.1, 0.15) is 16.1 Å². The Morgan fingerprint density at radius 3 is 2.75 bits per heavy atom. The van der Waals surface area contributed by atoms with E-state index in [1.807, 2.05) is 24.3 Å². The Morgan fingerprint density at radius 2 is 1.96 bits per heavy atom. The largest absolute Gasteiger partial charge is 0.465 e. The van der Waals surface area contributed by atoms with Gasteiger partial charge in [0, 0.05) is 12.0 Å². The van der Waals surface area contributed by atoms with E-state index in [1.54, 1.807) is 11.3 Å². The summed E-state index contributed by atoms with van der Waals surface area (Å²) in [5.41, 5.74) is 3.60. The number of esters is 1. The standard InChI is InChI=1S/C19H18N2O2S/c1-23-19(22)16-10-13-6-2-3-7-14(13)11-21(16)12-18-20-15-8-4-5-9-17(15)24-18/h2-9,16H,10-12H2,1H3/p+1/t16-/m0/s1. The number of quaternary nitrogens is 1. The van der Waals surface area contributed by atoms with Gasteiger partial charge in [0.25, 0.3) is 0 Å². The van der Waals surface area contributed by atoms with Crippen molar-refractivity contribution in [3.63, 3.8) is 0 Å². The highest BCUT2D eigenvalue weighted by Gasteiger charge is 2.36. The van der Waals surface area contributed by atoms with Crippen molar-refractivity contribution in [1.29, 1.82) is 0 Å². The molecule has 0 aliphatic carbocycles. The monoisotopic (exact) mass is 339 g/mol. The first-order valence-corrected chi connectivity index (χ1v) is 8.90. The lowest BCUT2D eigenvalue weighted by molar-refractivity contribution is -0.945. The molecule has 5 heteroatoms. The van der Waals surface area contributed by atoms with Crippen molar-refractivity contribution < 1.29 is 14.4 Å². The van der Waals surface area contributed by atoms with Crippen LogP contribution in [0, 0.1) is 0 Å². The minimum Gasteiger partial charge on any atom is -0.465 e. The molecule has 1 aliphatic rings. The second-order valence-corrected chi connectivity index (χ2v) is 7.25. The van der Waals surface area contributed by atoms with Gasteiger partial charge in [-0.2, -0.15) is 0 Å². The van der Waals surface area contributed by atoms with Gasteiger partial charge >= 0.3 is 5.97 Å². The molecule has 122 valence electrons. The van der Waals surface area contributed by atoms with Crippen LogP contribution >= 0.6 is 11.3 Å². The summed E-state index contributed by atoms with van der Waals surface area (Å²) in [5, 5.41) is 1.07. The third-order valence-electron chi connectivity index (χ3n) is 4.65. The molecule has 0 saturated heterocycles. The van der Waals surface area contributed by atoms with Gasteiger partial charge in [-0.15, -0.1) is 11.3 Å². The Hall–Kier alpha value is -2.24. The van der Waals surface area contributed by atoms with Crippen LogP contribution in [0.25, 0.3) is 10.2 Å². The number of aromatic nitrogens is 1. The van der Waals surface area contributed by atoms with Gasteiger partial charge in [0.05, 0.1) is 17.3 Å². The van der Waals surface area contributed by atoms with E-state index in [4.69, 9.17) is 9.72 Å². The number of rotatable bonds is 3. The number of carbonyl (C=O) groups is 1. The fourth-order valence-electron chi connectivity index (χ4n) is 3.43. The molecule has 4 rings (SSSR count). The molecule has 0 radical (unpaired) electrons. The highest BCUT2D eigenvalue weighted by Crippen LogP contribution is 2.21. The molecule has 0 spiro atoms. The van der Waals surface area contributed by atoms with Crippen molar-refractivity contribution in [2.75, 3.05) is 7.11 Å². The van der Waals surface area contributed by atoms with Crippen LogP contribution in [-0.4, -0.2) is 24.1 Å². The number of hydrogen-bond donors (Lipinski definition) is 1. The number of nitrogens with one attached hydrogen (secondary N) is 1. The van der Waals surface area contributed by atoms with Crippen LogP contribution in [-0.2, 0) is 29.0 Å². The average Bonchev–Trinajstić information content (AvgIpc) is 3.02. The molecule has 1 aliphatic heterocycles. The smallest absolute Gasteiger partial charge is 0.365 e. The van der Waals surface area contributed by atoms with E-state index in [0.717, 1.165) is 30.0 Å². The number of hydrogen-bond acceptors (Lipinski definition) is 4. The zero-order valence-corrected chi connectivity index (χ0v) is 14.3. The maximum atomic E-state index is 12.3. The number of fused-ring (bicyclic) bond motifs is 2.